The topological polar surface area (TPSA) is 81.8 Å². The van der Waals surface area contributed by atoms with Gasteiger partial charge in [-0.3, -0.25) is 9.74 Å². The van der Waals surface area contributed by atoms with E-state index < -0.39 is 15.6 Å². The highest BCUT2D eigenvalue weighted by Crippen LogP contribution is 2.45. The van der Waals surface area contributed by atoms with E-state index in [1.807, 2.05) is 26.2 Å². The van der Waals surface area contributed by atoms with Crippen LogP contribution < -0.4 is 4.57 Å². The van der Waals surface area contributed by atoms with E-state index in [2.05, 4.69) is 36.4 Å². The minimum absolute atomic E-state index is 0.517. The fourth-order valence-electron chi connectivity index (χ4n) is 3.61. The smallest absolute Gasteiger partial charge is 0.263 e. The zero-order chi connectivity index (χ0) is 16.7. The summed E-state index contributed by atoms with van der Waals surface area (Å²) in [4.78, 5) is 0. The SMILES string of the molecule is Cn1c(C2([N-]/N=N/S(C)(=O)=O)CCCC2)[n+](C)c2ccccc21. The van der Waals surface area contributed by atoms with Gasteiger partial charge < -0.3 is 5.43 Å². The number of para-hydroxylation sites is 2. The number of aryl methyl sites for hydroxylation is 2. The van der Waals surface area contributed by atoms with Gasteiger partial charge in [-0.2, -0.15) is 0 Å². The fourth-order valence-corrected chi connectivity index (χ4v) is 3.78. The lowest BCUT2D eigenvalue weighted by molar-refractivity contribution is -0.657. The molecule has 1 aromatic carbocycles. The predicted octanol–water partition coefficient (Wildman–Crippen LogP) is 2.47. The highest BCUT2D eigenvalue weighted by molar-refractivity contribution is 7.89. The van der Waals surface area contributed by atoms with E-state index in [9.17, 15) is 8.42 Å². The van der Waals surface area contributed by atoms with Gasteiger partial charge in [0.05, 0.1) is 19.6 Å². The van der Waals surface area contributed by atoms with Gasteiger partial charge in [0, 0.05) is 6.26 Å². The number of aromatic nitrogens is 2. The highest BCUT2D eigenvalue weighted by atomic mass is 32.2. The molecule has 3 rings (SSSR count). The van der Waals surface area contributed by atoms with Gasteiger partial charge in [0.1, 0.15) is 0 Å². The van der Waals surface area contributed by atoms with Gasteiger partial charge in [0.15, 0.2) is 21.1 Å². The van der Waals surface area contributed by atoms with Crippen molar-refractivity contribution < 1.29 is 13.0 Å². The number of fused-ring (bicyclic) bond motifs is 1. The maximum atomic E-state index is 11.2. The molecule has 8 heteroatoms. The Morgan fingerprint density at radius 3 is 2.52 bits per heavy atom. The zero-order valence-corrected chi connectivity index (χ0v) is 14.4. The van der Waals surface area contributed by atoms with Crippen LogP contribution in [0.15, 0.2) is 34.0 Å². The first kappa shape index (κ1) is 15.9. The van der Waals surface area contributed by atoms with Crippen LogP contribution in [0.1, 0.15) is 31.5 Å². The molecule has 0 bridgehead atoms. The molecule has 1 fully saturated rings. The molecule has 0 atom stereocenters. The first-order chi connectivity index (χ1) is 10.8. The molecule has 0 aliphatic heterocycles. The molecule has 0 N–H and O–H groups in total. The second-order valence-corrected chi connectivity index (χ2v) is 7.80. The van der Waals surface area contributed by atoms with Crippen molar-refractivity contribution in [2.24, 2.45) is 23.8 Å². The number of sulfonamides is 1. The summed E-state index contributed by atoms with van der Waals surface area (Å²) in [5.74, 6) is 1.03. The maximum Gasteiger partial charge on any atom is 0.263 e. The first-order valence-electron chi connectivity index (χ1n) is 7.62. The van der Waals surface area contributed by atoms with Crippen LogP contribution in [-0.2, 0) is 29.7 Å². The molecule has 0 spiro atoms. The molecule has 23 heavy (non-hydrogen) atoms. The third-order valence-corrected chi connectivity index (χ3v) is 4.88. The van der Waals surface area contributed by atoms with E-state index in [-0.39, 0.29) is 0 Å². The highest BCUT2D eigenvalue weighted by Gasteiger charge is 2.42. The van der Waals surface area contributed by atoms with Crippen LogP contribution in [0.5, 0.6) is 0 Å². The first-order valence-corrected chi connectivity index (χ1v) is 9.47. The number of benzene rings is 1. The Hall–Kier alpha value is -1.96. The number of rotatable bonds is 4. The number of nitrogens with zero attached hydrogens (tertiary/aromatic N) is 5. The van der Waals surface area contributed by atoms with Crippen molar-refractivity contribution in [3.8, 4) is 0 Å². The van der Waals surface area contributed by atoms with E-state index in [0.717, 1.165) is 48.8 Å². The van der Waals surface area contributed by atoms with Crippen molar-refractivity contribution >= 4 is 21.1 Å². The quantitative estimate of drug-likeness (QED) is 0.488. The van der Waals surface area contributed by atoms with Crippen LogP contribution >= 0.6 is 0 Å². The molecular weight excluding hydrogens is 314 g/mol. The fraction of sp³-hybridized carbons (Fsp3) is 0.533. The van der Waals surface area contributed by atoms with E-state index >= 15 is 0 Å². The molecule has 1 heterocycles. The minimum Gasteiger partial charge on any atom is -0.362 e. The summed E-state index contributed by atoms with van der Waals surface area (Å²) in [5.41, 5.74) is 6.08. The van der Waals surface area contributed by atoms with Gasteiger partial charge in [-0.15, -0.1) is 0 Å². The Labute approximate surface area is 136 Å². The van der Waals surface area contributed by atoms with E-state index in [1.54, 1.807) is 0 Å². The van der Waals surface area contributed by atoms with Crippen molar-refractivity contribution in [1.82, 2.24) is 4.57 Å². The number of imidazole rings is 1. The summed E-state index contributed by atoms with van der Waals surface area (Å²) < 4.78 is 29.9. The predicted molar refractivity (Wildman–Crippen MR) is 87.3 cm³/mol. The Morgan fingerprint density at radius 1 is 1.26 bits per heavy atom. The van der Waals surface area contributed by atoms with Crippen LogP contribution in [0.2, 0.25) is 0 Å². The molecule has 1 saturated carbocycles. The third kappa shape index (κ3) is 2.83. The molecule has 1 aromatic heterocycles. The standard InChI is InChI=1S/C15H21N5O2S/c1-19-12-8-4-5-9-13(12)20(2)14(19)15(10-6-7-11-15)16-17-18-23(3,21)22/h4-5,8-9H,6-7,10-11H2,1-3H3. The molecule has 7 nitrogen and oxygen atoms in total. The Morgan fingerprint density at radius 2 is 1.91 bits per heavy atom. The largest absolute Gasteiger partial charge is 0.362 e. The van der Waals surface area contributed by atoms with E-state index in [0.29, 0.717) is 0 Å². The van der Waals surface area contributed by atoms with Gasteiger partial charge in [0.2, 0.25) is 0 Å². The third-order valence-electron chi connectivity index (χ3n) is 4.51. The average Bonchev–Trinajstić information content (AvgIpc) is 3.04. The molecule has 2 aromatic rings. The van der Waals surface area contributed by atoms with Crippen molar-refractivity contribution in [2.75, 3.05) is 6.26 Å². The van der Waals surface area contributed by atoms with Crippen LogP contribution in [0, 0.1) is 0 Å². The van der Waals surface area contributed by atoms with E-state index in [4.69, 9.17) is 0 Å². The van der Waals surface area contributed by atoms with Crippen molar-refractivity contribution in [3.63, 3.8) is 0 Å². The molecular formula is C15H21N5O2S. The summed E-state index contributed by atoms with van der Waals surface area (Å²) in [6.07, 6.45) is 4.78. The van der Waals surface area contributed by atoms with Crippen molar-refractivity contribution in [3.05, 3.63) is 35.5 Å². The Kier molecular flexibility index (Phi) is 3.87. The molecule has 0 unspecified atom stereocenters. The summed E-state index contributed by atoms with van der Waals surface area (Å²) in [6.45, 7) is 0. The van der Waals surface area contributed by atoms with Crippen LogP contribution in [0.4, 0.5) is 0 Å². The Bertz CT molecular complexity index is 824. The lowest BCUT2D eigenvalue weighted by atomic mass is 9.97. The van der Waals surface area contributed by atoms with Gasteiger partial charge in [-0.05, 0) is 25.0 Å². The summed E-state index contributed by atoms with van der Waals surface area (Å²) >= 11 is 0. The number of hydrogen-bond acceptors (Lipinski definition) is 3. The van der Waals surface area contributed by atoms with Crippen molar-refractivity contribution in [1.29, 1.82) is 0 Å². The second-order valence-electron chi connectivity index (χ2n) is 6.17. The van der Waals surface area contributed by atoms with Crippen molar-refractivity contribution in [2.45, 2.75) is 31.2 Å². The molecule has 1 aliphatic rings. The molecule has 124 valence electrons. The van der Waals surface area contributed by atoms with Gasteiger partial charge in [-0.1, -0.05) is 25.0 Å². The zero-order valence-electron chi connectivity index (χ0n) is 13.6. The average molecular weight is 335 g/mol. The van der Waals surface area contributed by atoms with Gasteiger partial charge >= 0.3 is 0 Å². The Balaban J connectivity index is 2.10. The summed E-state index contributed by atoms with van der Waals surface area (Å²) in [5, 5.41) is 3.66. The molecule has 0 amide bonds. The monoisotopic (exact) mass is 335 g/mol. The van der Waals surface area contributed by atoms with E-state index in [1.165, 1.54) is 0 Å². The minimum atomic E-state index is -3.52. The lowest BCUT2D eigenvalue weighted by Crippen LogP contribution is -2.41. The molecule has 0 radical (unpaired) electrons. The van der Waals surface area contributed by atoms with Crippen LogP contribution in [0.3, 0.4) is 0 Å². The van der Waals surface area contributed by atoms with Crippen LogP contribution in [0.25, 0.3) is 16.5 Å². The molecule has 0 saturated heterocycles. The van der Waals surface area contributed by atoms with Gasteiger partial charge in [-0.25, -0.2) is 17.6 Å². The maximum absolute atomic E-state index is 11.2. The number of hydrogen-bond donors (Lipinski definition) is 0. The van der Waals surface area contributed by atoms with Crippen LogP contribution in [-0.4, -0.2) is 19.2 Å². The lowest BCUT2D eigenvalue weighted by Gasteiger charge is -2.30. The summed E-state index contributed by atoms with van der Waals surface area (Å²) in [7, 11) is 0.511. The second kappa shape index (κ2) is 5.59. The van der Waals surface area contributed by atoms with Gasteiger partial charge in [0.25, 0.3) is 5.82 Å². The molecule has 1 aliphatic carbocycles. The normalized spacial score (nSPS) is 18.0. The summed E-state index contributed by atoms with van der Waals surface area (Å²) in [6, 6.07) is 8.15.